The van der Waals surface area contributed by atoms with Gasteiger partial charge in [-0.2, -0.15) is 5.10 Å². The molecule has 1 aromatic rings. The third-order valence-electron chi connectivity index (χ3n) is 2.46. The molecule has 0 saturated heterocycles. The highest BCUT2D eigenvalue weighted by Gasteiger charge is 2.22. The first-order chi connectivity index (χ1) is 8.36. The molecule has 0 atom stereocenters. The molecule has 6 heteroatoms. The number of nitrogens with one attached hydrogen (secondary N) is 1. The van der Waals surface area contributed by atoms with Gasteiger partial charge in [-0.05, 0) is 12.8 Å². The normalized spacial score (nSPS) is 10.6. The summed E-state index contributed by atoms with van der Waals surface area (Å²) in [6, 6.07) is 0. The van der Waals surface area contributed by atoms with E-state index in [1.54, 1.807) is 14.0 Å². The van der Waals surface area contributed by atoms with E-state index < -0.39 is 5.97 Å². The second-order valence-electron chi connectivity index (χ2n) is 4.57. The van der Waals surface area contributed by atoms with E-state index >= 15 is 0 Å². The van der Waals surface area contributed by atoms with Crippen LogP contribution >= 0.6 is 0 Å². The molecule has 0 radical (unpaired) electrons. The number of amides is 1. The summed E-state index contributed by atoms with van der Waals surface area (Å²) < 4.78 is 6.09. The van der Waals surface area contributed by atoms with Gasteiger partial charge in [0, 0.05) is 13.5 Å². The Hall–Kier alpha value is -1.85. The number of esters is 1. The molecule has 1 rings (SSSR count). The van der Waals surface area contributed by atoms with Crippen LogP contribution in [0.2, 0.25) is 0 Å². The molecule has 1 N–H and O–H groups in total. The van der Waals surface area contributed by atoms with E-state index in [9.17, 15) is 9.59 Å². The molecule has 1 amide bonds. The topological polar surface area (TPSA) is 73.2 Å². The number of rotatable bonds is 4. The lowest BCUT2D eigenvalue weighted by molar-refractivity contribution is -0.116. The monoisotopic (exact) mass is 253 g/mol. The second kappa shape index (κ2) is 5.66. The third-order valence-corrected chi connectivity index (χ3v) is 2.46. The predicted molar refractivity (Wildman–Crippen MR) is 67.4 cm³/mol. The van der Waals surface area contributed by atoms with Crippen molar-refractivity contribution in [3.05, 3.63) is 11.4 Å². The van der Waals surface area contributed by atoms with Crippen LogP contribution in [0.1, 0.15) is 36.5 Å². The summed E-state index contributed by atoms with van der Waals surface area (Å²) in [5, 5.41) is 6.84. The Morgan fingerprint density at radius 1 is 1.44 bits per heavy atom. The van der Waals surface area contributed by atoms with Crippen molar-refractivity contribution in [3.8, 4) is 0 Å². The SMILES string of the molecule is COC(=O)c1c(NC(=O)CC(C)C)c(C)nn1C. The first-order valence-electron chi connectivity index (χ1n) is 5.78. The van der Waals surface area contributed by atoms with Gasteiger partial charge in [-0.15, -0.1) is 0 Å². The maximum absolute atomic E-state index is 11.7. The van der Waals surface area contributed by atoms with Crippen LogP contribution in [0.5, 0.6) is 0 Å². The number of nitrogens with zero attached hydrogens (tertiary/aromatic N) is 2. The summed E-state index contributed by atoms with van der Waals surface area (Å²) in [7, 11) is 2.93. The molecule has 0 fully saturated rings. The Morgan fingerprint density at radius 3 is 2.56 bits per heavy atom. The molecule has 0 saturated carbocycles. The number of carbonyl (C=O) groups is 2. The second-order valence-corrected chi connectivity index (χ2v) is 4.57. The van der Waals surface area contributed by atoms with Gasteiger partial charge in [-0.25, -0.2) is 4.79 Å². The number of ether oxygens (including phenoxy) is 1. The minimum absolute atomic E-state index is 0.133. The molecular weight excluding hydrogens is 234 g/mol. The maximum atomic E-state index is 11.7. The number of anilines is 1. The lowest BCUT2D eigenvalue weighted by Gasteiger charge is -2.08. The largest absolute Gasteiger partial charge is 0.464 e. The van der Waals surface area contributed by atoms with Crippen molar-refractivity contribution < 1.29 is 14.3 Å². The molecule has 18 heavy (non-hydrogen) atoms. The number of carbonyl (C=O) groups excluding carboxylic acids is 2. The summed E-state index contributed by atoms with van der Waals surface area (Å²) >= 11 is 0. The molecule has 0 aliphatic rings. The zero-order chi connectivity index (χ0) is 13.9. The first-order valence-corrected chi connectivity index (χ1v) is 5.78. The van der Waals surface area contributed by atoms with Gasteiger partial charge < -0.3 is 10.1 Å². The molecule has 0 aromatic carbocycles. The highest BCUT2D eigenvalue weighted by Crippen LogP contribution is 2.21. The molecule has 1 aromatic heterocycles. The van der Waals surface area contributed by atoms with Gasteiger partial charge in [0.25, 0.3) is 0 Å². The minimum atomic E-state index is -0.516. The molecule has 100 valence electrons. The van der Waals surface area contributed by atoms with Crippen molar-refractivity contribution in [1.29, 1.82) is 0 Å². The van der Waals surface area contributed by atoms with E-state index in [0.29, 0.717) is 17.8 Å². The summed E-state index contributed by atoms with van der Waals surface area (Å²) in [5.74, 6) is -0.396. The summed E-state index contributed by atoms with van der Waals surface area (Å²) in [6.45, 7) is 5.64. The van der Waals surface area contributed by atoms with Gasteiger partial charge in [0.2, 0.25) is 5.91 Å². The van der Waals surface area contributed by atoms with Gasteiger partial charge in [0.1, 0.15) is 0 Å². The Morgan fingerprint density at radius 2 is 2.06 bits per heavy atom. The molecule has 0 aliphatic carbocycles. The van der Waals surface area contributed by atoms with Gasteiger partial charge in [0.05, 0.1) is 18.5 Å². The van der Waals surface area contributed by atoms with Crippen LogP contribution in [0.3, 0.4) is 0 Å². The van der Waals surface area contributed by atoms with E-state index in [4.69, 9.17) is 0 Å². The van der Waals surface area contributed by atoms with E-state index in [1.807, 2.05) is 13.8 Å². The number of aromatic nitrogens is 2. The molecule has 0 spiro atoms. The zero-order valence-corrected chi connectivity index (χ0v) is 11.4. The van der Waals surface area contributed by atoms with Gasteiger partial charge in [-0.1, -0.05) is 13.8 Å². The lowest BCUT2D eigenvalue weighted by atomic mass is 10.1. The Balaban J connectivity index is 3.01. The standard InChI is InChI=1S/C12H19N3O3/c1-7(2)6-9(16)13-10-8(3)14-15(4)11(10)12(17)18-5/h7H,6H2,1-5H3,(H,13,16). The molecule has 1 heterocycles. The quantitative estimate of drug-likeness (QED) is 0.825. The van der Waals surface area contributed by atoms with E-state index in [-0.39, 0.29) is 17.5 Å². The minimum Gasteiger partial charge on any atom is -0.464 e. The number of aryl methyl sites for hydroxylation is 2. The number of hydrogen-bond acceptors (Lipinski definition) is 4. The molecule has 0 bridgehead atoms. The van der Waals surface area contributed by atoms with Crippen molar-refractivity contribution >= 4 is 17.6 Å². The van der Waals surface area contributed by atoms with E-state index in [2.05, 4.69) is 15.2 Å². The van der Waals surface area contributed by atoms with Crippen molar-refractivity contribution in [3.63, 3.8) is 0 Å². The van der Waals surface area contributed by atoms with Crippen LogP contribution in [-0.4, -0.2) is 28.8 Å². The lowest BCUT2D eigenvalue weighted by Crippen LogP contribution is -2.17. The van der Waals surface area contributed by atoms with Crippen LogP contribution < -0.4 is 5.32 Å². The predicted octanol–water partition coefficient (Wildman–Crippen LogP) is 1.50. The fraction of sp³-hybridized carbons (Fsp3) is 0.583. The van der Waals surface area contributed by atoms with E-state index in [1.165, 1.54) is 11.8 Å². The van der Waals surface area contributed by atoms with Crippen molar-refractivity contribution in [1.82, 2.24) is 9.78 Å². The third kappa shape index (κ3) is 3.09. The first kappa shape index (κ1) is 14.2. The maximum Gasteiger partial charge on any atom is 0.358 e. The molecule has 0 unspecified atom stereocenters. The zero-order valence-electron chi connectivity index (χ0n) is 11.4. The average Bonchev–Trinajstić information content (AvgIpc) is 2.52. The molecular formula is C12H19N3O3. The Bertz CT molecular complexity index is 463. The summed E-state index contributed by atoms with van der Waals surface area (Å²) in [5.41, 5.74) is 1.28. The summed E-state index contributed by atoms with van der Waals surface area (Å²) in [6.07, 6.45) is 0.398. The Labute approximate surface area is 106 Å². The highest BCUT2D eigenvalue weighted by atomic mass is 16.5. The van der Waals surface area contributed by atoms with Crippen molar-refractivity contribution in [2.45, 2.75) is 27.2 Å². The number of methoxy groups -OCH3 is 1. The van der Waals surface area contributed by atoms with Gasteiger partial charge in [0.15, 0.2) is 5.69 Å². The van der Waals surface area contributed by atoms with Crippen LogP contribution in [0.25, 0.3) is 0 Å². The van der Waals surface area contributed by atoms with Gasteiger partial charge >= 0.3 is 5.97 Å². The van der Waals surface area contributed by atoms with Crippen LogP contribution in [0.4, 0.5) is 5.69 Å². The fourth-order valence-electron chi connectivity index (χ4n) is 1.70. The highest BCUT2D eigenvalue weighted by molar-refractivity contribution is 6.00. The van der Waals surface area contributed by atoms with Crippen LogP contribution in [-0.2, 0) is 16.6 Å². The van der Waals surface area contributed by atoms with Crippen LogP contribution in [0, 0.1) is 12.8 Å². The fourth-order valence-corrected chi connectivity index (χ4v) is 1.70. The number of hydrogen-bond donors (Lipinski definition) is 1. The Kier molecular flexibility index (Phi) is 4.47. The molecule has 0 aliphatic heterocycles. The van der Waals surface area contributed by atoms with E-state index in [0.717, 1.165) is 0 Å². The van der Waals surface area contributed by atoms with Crippen molar-refractivity contribution in [2.75, 3.05) is 12.4 Å². The smallest absolute Gasteiger partial charge is 0.358 e. The summed E-state index contributed by atoms with van der Waals surface area (Å²) in [4.78, 5) is 23.4. The van der Waals surface area contributed by atoms with Crippen LogP contribution in [0.15, 0.2) is 0 Å². The van der Waals surface area contributed by atoms with Crippen molar-refractivity contribution in [2.24, 2.45) is 13.0 Å². The van der Waals surface area contributed by atoms with Gasteiger partial charge in [-0.3, -0.25) is 9.48 Å². The average molecular weight is 253 g/mol. The molecule has 6 nitrogen and oxygen atoms in total.